The Labute approximate surface area is 98.0 Å². The van der Waals surface area contributed by atoms with Crippen molar-refractivity contribution >= 4 is 11.6 Å². The van der Waals surface area contributed by atoms with Gasteiger partial charge in [0, 0.05) is 5.69 Å². The zero-order valence-corrected chi connectivity index (χ0v) is 9.29. The average Bonchev–Trinajstić information content (AvgIpc) is 2.28. The number of benzene rings is 1. The Kier molecular flexibility index (Phi) is 2.82. The van der Waals surface area contributed by atoms with Gasteiger partial charge in [-0.2, -0.15) is 5.26 Å². The summed E-state index contributed by atoms with van der Waals surface area (Å²) in [5, 5.41) is 11.3. The first-order valence-electron chi connectivity index (χ1n) is 5.14. The van der Waals surface area contributed by atoms with Gasteiger partial charge in [0.2, 0.25) is 5.91 Å². The van der Waals surface area contributed by atoms with E-state index in [4.69, 9.17) is 10.00 Å². The number of nitrogens with one attached hydrogen (secondary N) is 1. The number of nitriles is 1. The van der Waals surface area contributed by atoms with Crippen molar-refractivity contribution in [3.05, 3.63) is 29.6 Å². The van der Waals surface area contributed by atoms with E-state index in [1.807, 2.05) is 0 Å². The fraction of sp³-hybridized carbons (Fsp3) is 0.333. The Morgan fingerprint density at radius 2 is 2.29 bits per heavy atom. The van der Waals surface area contributed by atoms with Crippen LogP contribution < -0.4 is 5.32 Å². The van der Waals surface area contributed by atoms with Crippen LogP contribution >= 0.6 is 0 Å². The molecule has 17 heavy (non-hydrogen) atoms. The summed E-state index contributed by atoms with van der Waals surface area (Å²) in [5.74, 6) is -0.775. The normalized spacial score (nSPS) is 16.8. The molecule has 2 rings (SSSR count). The van der Waals surface area contributed by atoms with Crippen LogP contribution in [0.3, 0.4) is 0 Å². The van der Waals surface area contributed by atoms with Crippen LogP contribution in [0.25, 0.3) is 0 Å². The number of hydrogen-bond donors (Lipinski definition) is 1. The minimum Gasteiger partial charge on any atom is -0.379 e. The second kappa shape index (κ2) is 4.15. The minimum atomic E-state index is -0.594. The number of ether oxygens (including phenoxy) is 1. The highest BCUT2D eigenvalue weighted by Crippen LogP contribution is 2.28. The maximum Gasteiger partial charge on any atom is 0.234 e. The number of halogens is 1. The molecule has 1 heterocycles. The highest BCUT2D eigenvalue weighted by atomic mass is 19.1. The summed E-state index contributed by atoms with van der Waals surface area (Å²) in [5.41, 5.74) is -0.194. The number of anilines is 1. The molecule has 0 spiro atoms. The molecule has 1 N–H and O–H groups in total. The molecule has 1 aromatic rings. The molecule has 0 aromatic heterocycles. The van der Waals surface area contributed by atoms with E-state index in [2.05, 4.69) is 5.32 Å². The van der Waals surface area contributed by atoms with Crippen LogP contribution in [0.2, 0.25) is 0 Å². The van der Waals surface area contributed by atoms with Crippen molar-refractivity contribution in [3.8, 4) is 6.07 Å². The van der Waals surface area contributed by atoms with Crippen LogP contribution in [0.4, 0.5) is 10.1 Å². The molecule has 0 bridgehead atoms. The minimum absolute atomic E-state index is 0.0854. The van der Waals surface area contributed by atoms with Crippen LogP contribution in [0.15, 0.2) is 18.2 Å². The van der Waals surface area contributed by atoms with Crippen molar-refractivity contribution in [3.63, 3.8) is 0 Å². The van der Waals surface area contributed by atoms with Crippen LogP contribution in [0, 0.1) is 22.6 Å². The van der Waals surface area contributed by atoms with E-state index in [0.29, 0.717) is 18.9 Å². The second-order valence-corrected chi connectivity index (χ2v) is 4.31. The quantitative estimate of drug-likeness (QED) is 0.846. The molecule has 1 saturated heterocycles. The molecule has 1 fully saturated rings. The summed E-state index contributed by atoms with van der Waals surface area (Å²) in [4.78, 5) is 11.8. The fourth-order valence-electron chi connectivity index (χ4n) is 1.51. The maximum atomic E-state index is 13.1. The zero-order valence-electron chi connectivity index (χ0n) is 9.29. The van der Waals surface area contributed by atoms with E-state index in [0.717, 1.165) is 6.07 Å². The van der Waals surface area contributed by atoms with Gasteiger partial charge >= 0.3 is 0 Å². The topological polar surface area (TPSA) is 62.1 Å². The fourth-order valence-corrected chi connectivity index (χ4v) is 1.51. The Hall–Kier alpha value is -1.93. The van der Waals surface area contributed by atoms with Crippen LogP contribution in [-0.2, 0) is 9.53 Å². The molecule has 88 valence electrons. The number of hydrogen-bond acceptors (Lipinski definition) is 3. The lowest BCUT2D eigenvalue weighted by Crippen LogP contribution is -2.49. The third-order valence-electron chi connectivity index (χ3n) is 2.73. The third-order valence-corrected chi connectivity index (χ3v) is 2.73. The number of carbonyl (C=O) groups excluding carboxylic acids is 1. The van der Waals surface area contributed by atoms with Crippen molar-refractivity contribution in [2.75, 3.05) is 18.5 Å². The predicted octanol–water partition coefficient (Wildman–Crippen LogP) is 1.67. The molecular formula is C12H11FN2O2. The molecule has 1 aromatic carbocycles. The third kappa shape index (κ3) is 2.12. The number of amides is 1. The van der Waals surface area contributed by atoms with Gasteiger partial charge in [0.25, 0.3) is 0 Å². The Balaban J connectivity index is 2.14. The summed E-state index contributed by atoms with van der Waals surface area (Å²) in [6, 6.07) is 5.63. The summed E-state index contributed by atoms with van der Waals surface area (Å²) in [7, 11) is 0. The molecule has 1 aliphatic heterocycles. The second-order valence-electron chi connectivity index (χ2n) is 4.31. The number of rotatable bonds is 2. The molecule has 1 aliphatic rings. The first kappa shape index (κ1) is 11.6. The maximum absolute atomic E-state index is 13.1. The molecule has 0 atom stereocenters. The molecule has 0 radical (unpaired) electrons. The summed E-state index contributed by atoms with van der Waals surface area (Å²) >= 11 is 0. The van der Waals surface area contributed by atoms with Gasteiger partial charge in [0.05, 0.1) is 24.2 Å². The van der Waals surface area contributed by atoms with E-state index in [9.17, 15) is 9.18 Å². The highest BCUT2D eigenvalue weighted by Gasteiger charge is 2.41. The average molecular weight is 234 g/mol. The van der Waals surface area contributed by atoms with Crippen LogP contribution in [0.1, 0.15) is 12.5 Å². The smallest absolute Gasteiger partial charge is 0.234 e. The van der Waals surface area contributed by atoms with Gasteiger partial charge in [-0.1, -0.05) is 0 Å². The lowest BCUT2D eigenvalue weighted by atomic mass is 9.87. The van der Waals surface area contributed by atoms with Gasteiger partial charge in [-0.25, -0.2) is 4.39 Å². The van der Waals surface area contributed by atoms with E-state index >= 15 is 0 Å². The van der Waals surface area contributed by atoms with E-state index in [1.165, 1.54) is 12.1 Å². The standard InChI is InChI=1S/C12H11FN2O2/c1-12(6-17-7-12)11(16)15-9-2-3-10(13)8(4-9)5-14/h2-4H,6-7H2,1H3,(H,15,16). The van der Waals surface area contributed by atoms with Crippen molar-refractivity contribution in [1.82, 2.24) is 0 Å². The van der Waals surface area contributed by atoms with Crippen LogP contribution in [-0.4, -0.2) is 19.1 Å². The van der Waals surface area contributed by atoms with Gasteiger partial charge in [0.1, 0.15) is 11.9 Å². The summed E-state index contributed by atoms with van der Waals surface area (Å²) in [6.07, 6.45) is 0. The van der Waals surface area contributed by atoms with Gasteiger partial charge in [-0.15, -0.1) is 0 Å². The van der Waals surface area contributed by atoms with Gasteiger partial charge in [-0.05, 0) is 25.1 Å². The van der Waals surface area contributed by atoms with E-state index in [-0.39, 0.29) is 11.5 Å². The van der Waals surface area contributed by atoms with Gasteiger partial charge in [-0.3, -0.25) is 4.79 Å². The summed E-state index contributed by atoms with van der Waals surface area (Å²) in [6.45, 7) is 2.55. The first-order chi connectivity index (χ1) is 8.05. The Bertz CT molecular complexity index is 504. The van der Waals surface area contributed by atoms with Crippen molar-refractivity contribution in [2.45, 2.75) is 6.92 Å². The highest BCUT2D eigenvalue weighted by molar-refractivity contribution is 5.95. The zero-order chi connectivity index (χ0) is 12.5. The predicted molar refractivity (Wildman–Crippen MR) is 58.7 cm³/mol. The number of nitrogens with zero attached hydrogens (tertiary/aromatic N) is 1. The molecule has 5 heteroatoms. The van der Waals surface area contributed by atoms with Crippen molar-refractivity contribution in [1.29, 1.82) is 5.26 Å². The van der Waals surface area contributed by atoms with Crippen LogP contribution in [0.5, 0.6) is 0 Å². The monoisotopic (exact) mass is 234 g/mol. The summed E-state index contributed by atoms with van der Waals surface area (Å²) < 4.78 is 18.1. The molecule has 0 saturated carbocycles. The molecule has 1 amide bonds. The Morgan fingerprint density at radius 3 is 2.82 bits per heavy atom. The molecule has 4 nitrogen and oxygen atoms in total. The van der Waals surface area contributed by atoms with Gasteiger partial charge in [0.15, 0.2) is 0 Å². The Morgan fingerprint density at radius 1 is 1.59 bits per heavy atom. The lowest BCUT2D eigenvalue weighted by Gasteiger charge is -2.36. The number of carbonyl (C=O) groups is 1. The van der Waals surface area contributed by atoms with E-state index in [1.54, 1.807) is 13.0 Å². The first-order valence-corrected chi connectivity index (χ1v) is 5.14. The van der Waals surface area contributed by atoms with Gasteiger partial charge < -0.3 is 10.1 Å². The van der Waals surface area contributed by atoms with E-state index < -0.39 is 11.2 Å². The largest absolute Gasteiger partial charge is 0.379 e. The lowest BCUT2D eigenvalue weighted by molar-refractivity contribution is -0.151. The molecular weight excluding hydrogens is 223 g/mol. The molecule has 0 aliphatic carbocycles. The van der Waals surface area contributed by atoms with Crippen molar-refractivity contribution < 1.29 is 13.9 Å². The SMILES string of the molecule is CC1(C(=O)Nc2ccc(F)c(C#N)c2)COC1. The molecule has 0 unspecified atom stereocenters. The van der Waals surface area contributed by atoms with Crippen molar-refractivity contribution in [2.24, 2.45) is 5.41 Å².